The molecule has 29 heavy (non-hydrogen) atoms. The van der Waals surface area contributed by atoms with Crippen LogP contribution in [0.4, 0.5) is 13.2 Å². The number of hydrogen-bond acceptors (Lipinski definition) is 5. The summed E-state index contributed by atoms with van der Waals surface area (Å²) in [7, 11) is 0. The molecule has 0 aliphatic rings. The molecule has 0 bridgehead atoms. The first-order valence-electron chi connectivity index (χ1n) is 8.44. The number of benzene rings is 2. The van der Waals surface area contributed by atoms with Crippen LogP contribution in [0.1, 0.15) is 5.56 Å². The molecular formula is C20H16F3NO5. The molecule has 1 amide bonds. The third kappa shape index (κ3) is 4.94. The second-order valence-corrected chi connectivity index (χ2v) is 6.22. The van der Waals surface area contributed by atoms with Gasteiger partial charge in [-0.05, 0) is 30.2 Å². The van der Waals surface area contributed by atoms with E-state index in [-0.39, 0.29) is 11.3 Å². The average molecular weight is 407 g/mol. The molecule has 0 aliphatic heterocycles. The SMILES string of the molecule is Cc1ccccc1-c1cc(=O)oc2cc(O[C@@H](COC(F)(F)F)C(N)=O)ccc12. The number of alkyl halides is 3. The highest BCUT2D eigenvalue weighted by Crippen LogP contribution is 2.31. The van der Waals surface area contributed by atoms with Crippen LogP contribution in [0.5, 0.6) is 5.75 Å². The zero-order chi connectivity index (χ0) is 21.2. The van der Waals surface area contributed by atoms with Crippen LogP contribution in [-0.4, -0.2) is 25.0 Å². The number of ether oxygens (including phenoxy) is 2. The van der Waals surface area contributed by atoms with Crippen molar-refractivity contribution in [2.75, 3.05) is 6.61 Å². The quantitative estimate of drug-likeness (QED) is 0.631. The van der Waals surface area contributed by atoms with E-state index in [9.17, 15) is 22.8 Å². The fourth-order valence-electron chi connectivity index (χ4n) is 2.82. The van der Waals surface area contributed by atoms with E-state index in [1.807, 2.05) is 31.2 Å². The molecule has 3 aromatic rings. The van der Waals surface area contributed by atoms with Crippen molar-refractivity contribution in [3.8, 4) is 16.9 Å². The van der Waals surface area contributed by atoms with Gasteiger partial charge in [-0.15, -0.1) is 13.2 Å². The zero-order valence-electron chi connectivity index (χ0n) is 15.2. The van der Waals surface area contributed by atoms with E-state index in [4.69, 9.17) is 14.9 Å². The van der Waals surface area contributed by atoms with E-state index in [0.29, 0.717) is 10.9 Å². The van der Waals surface area contributed by atoms with Crippen LogP contribution in [0.2, 0.25) is 0 Å². The molecule has 9 heteroatoms. The van der Waals surface area contributed by atoms with Crippen LogP contribution < -0.4 is 16.1 Å². The Labute approximate surface area is 162 Å². The van der Waals surface area contributed by atoms with Gasteiger partial charge >= 0.3 is 12.0 Å². The lowest BCUT2D eigenvalue weighted by Gasteiger charge is -2.17. The van der Waals surface area contributed by atoms with Crippen LogP contribution in [-0.2, 0) is 9.53 Å². The third-order valence-electron chi connectivity index (χ3n) is 4.15. The lowest BCUT2D eigenvalue weighted by atomic mass is 9.98. The Bertz CT molecular complexity index is 1110. The molecule has 1 atom stereocenters. The number of amides is 1. The number of halogens is 3. The molecular weight excluding hydrogens is 391 g/mol. The Balaban J connectivity index is 1.97. The first-order chi connectivity index (χ1) is 13.6. The Hall–Kier alpha value is -3.33. The maximum absolute atomic E-state index is 12.2. The van der Waals surface area contributed by atoms with Crippen molar-refractivity contribution >= 4 is 16.9 Å². The molecule has 0 saturated carbocycles. The Kier molecular flexibility index (Phi) is 5.60. The summed E-state index contributed by atoms with van der Waals surface area (Å²) in [5.74, 6) is -1.14. The number of primary amides is 1. The van der Waals surface area contributed by atoms with Gasteiger partial charge in [0.1, 0.15) is 17.9 Å². The third-order valence-corrected chi connectivity index (χ3v) is 4.15. The lowest BCUT2D eigenvalue weighted by molar-refractivity contribution is -0.328. The summed E-state index contributed by atoms with van der Waals surface area (Å²) in [5.41, 5.74) is 7.02. The van der Waals surface area contributed by atoms with Crippen LogP contribution >= 0.6 is 0 Å². The minimum atomic E-state index is -4.93. The molecule has 1 heterocycles. The van der Waals surface area contributed by atoms with Crippen molar-refractivity contribution in [3.05, 3.63) is 64.5 Å². The predicted molar refractivity (Wildman–Crippen MR) is 98.3 cm³/mol. The minimum Gasteiger partial charge on any atom is -0.478 e. The van der Waals surface area contributed by atoms with Crippen LogP contribution in [0, 0.1) is 6.92 Å². The highest BCUT2D eigenvalue weighted by atomic mass is 19.4. The monoisotopic (exact) mass is 407 g/mol. The second-order valence-electron chi connectivity index (χ2n) is 6.22. The zero-order valence-corrected chi connectivity index (χ0v) is 15.2. The molecule has 0 saturated heterocycles. The summed E-state index contributed by atoms with van der Waals surface area (Å²) in [6.45, 7) is 0.787. The van der Waals surface area contributed by atoms with E-state index in [0.717, 1.165) is 11.1 Å². The van der Waals surface area contributed by atoms with E-state index in [1.54, 1.807) is 6.07 Å². The topological polar surface area (TPSA) is 91.8 Å². The highest BCUT2D eigenvalue weighted by Gasteiger charge is 2.32. The van der Waals surface area contributed by atoms with Crippen LogP contribution in [0.25, 0.3) is 22.1 Å². The second kappa shape index (κ2) is 7.96. The number of rotatable bonds is 6. The summed E-state index contributed by atoms with van der Waals surface area (Å²) in [6, 6.07) is 13.1. The lowest BCUT2D eigenvalue weighted by Crippen LogP contribution is -2.39. The number of fused-ring (bicyclic) bond motifs is 1. The smallest absolute Gasteiger partial charge is 0.478 e. The van der Waals surface area contributed by atoms with Crippen LogP contribution in [0.15, 0.2) is 57.7 Å². The number of carbonyl (C=O) groups excluding carboxylic acids is 1. The van der Waals surface area contributed by atoms with Gasteiger partial charge in [-0.1, -0.05) is 24.3 Å². The summed E-state index contributed by atoms with van der Waals surface area (Å²) < 4.78 is 50.7. The van der Waals surface area contributed by atoms with Crippen molar-refractivity contribution in [2.45, 2.75) is 19.4 Å². The number of nitrogens with two attached hydrogens (primary N) is 1. The van der Waals surface area contributed by atoms with Gasteiger partial charge in [0.2, 0.25) is 0 Å². The van der Waals surface area contributed by atoms with E-state index < -0.39 is 30.6 Å². The molecule has 2 N–H and O–H groups in total. The Morgan fingerprint density at radius 3 is 2.52 bits per heavy atom. The Morgan fingerprint density at radius 2 is 1.86 bits per heavy atom. The molecule has 2 aromatic carbocycles. The van der Waals surface area contributed by atoms with Gasteiger partial charge in [0.05, 0.1) is 0 Å². The molecule has 6 nitrogen and oxygen atoms in total. The molecule has 0 radical (unpaired) electrons. The van der Waals surface area contributed by atoms with E-state index in [1.165, 1.54) is 18.2 Å². The van der Waals surface area contributed by atoms with Gasteiger partial charge in [-0.2, -0.15) is 0 Å². The van der Waals surface area contributed by atoms with Gasteiger partial charge in [0.15, 0.2) is 6.10 Å². The van der Waals surface area contributed by atoms with Gasteiger partial charge in [0, 0.05) is 23.1 Å². The fourth-order valence-corrected chi connectivity index (χ4v) is 2.82. The number of aryl methyl sites for hydroxylation is 1. The minimum absolute atomic E-state index is 0.00263. The molecule has 0 fully saturated rings. The molecule has 0 aliphatic carbocycles. The normalized spacial score (nSPS) is 12.7. The summed E-state index contributed by atoms with van der Waals surface area (Å²) >= 11 is 0. The van der Waals surface area contributed by atoms with E-state index >= 15 is 0 Å². The molecule has 0 spiro atoms. The molecule has 0 unspecified atom stereocenters. The first-order valence-corrected chi connectivity index (χ1v) is 8.44. The van der Waals surface area contributed by atoms with Crippen molar-refractivity contribution in [1.29, 1.82) is 0 Å². The largest absolute Gasteiger partial charge is 0.522 e. The maximum Gasteiger partial charge on any atom is 0.522 e. The van der Waals surface area contributed by atoms with Gasteiger partial charge in [-0.25, -0.2) is 4.79 Å². The van der Waals surface area contributed by atoms with Crippen molar-refractivity contribution < 1.29 is 31.9 Å². The molecule has 3 rings (SSSR count). The van der Waals surface area contributed by atoms with E-state index in [2.05, 4.69) is 4.74 Å². The number of carbonyl (C=O) groups is 1. The average Bonchev–Trinajstić information content (AvgIpc) is 2.63. The summed E-state index contributed by atoms with van der Waals surface area (Å²) in [5, 5.41) is 0.591. The van der Waals surface area contributed by atoms with Gasteiger partial charge in [0.25, 0.3) is 5.91 Å². The standard InChI is InChI=1S/C20H16F3NO5/c1-11-4-2-3-5-13(11)15-9-18(25)29-16-8-12(6-7-14(15)16)28-17(19(24)26)10-27-20(21,22)23/h2-9,17H,10H2,1H3,(H2,24,26)/t17-/m0/s1. The Morgan fingerprint density at radius 1 is 1.14 bits per heavy atom. The number of hydrogen-bond donors (Lipinski definition) is 1. The van der Waals surface area contributed by atoms with Crippen molar-refractivity contribution in [3.63, 3.8) is 0 Å². The van der Waals surface area contributed by atoms with Gasteiger partial charge in [-0.3, -0.25) is 9.53 Å². The van der Waals surface area contributed by atoms with Crippen LogP contribution in [0.3, 0.4) is 0 Å². The predicted octanol–water partition coefficient (Wildman–Crippen LogP) is 3.54. The molecule has 152 valence electrons. The van der Waals surface area contributed by atoms with Gasteiger partial charge < -0.3 is 14.9 Å². The molecule has 1 aromatic heterocycles. The fraction of sp³-hybridized carbons (Fsp3) is 0.200. The highest BCUT2D eigenvalue weighted by molar-refractivity contribution is 5.94. The maximum atomic E-state index is 12.2. The van der Waals surface area contributed by atoms with Crippen molar-refractivity contribution in [2.24, 2.45) is 5.73 Å². The van der Waals surface area contributed by atoms with Crippen molar-refractivity contribution in [1.82, 2.24) is 0 Å². The first kappa shape index (κ1) is 20.4. The summed E-state index contributed by atoms with van der Waals surface area (Å²) in [6.07, 6.45) is -6.62. The summed E-state index contributed by atoms with van der Waals surface area (Å²) in [4.78, 5) is 23.4.